The Bertz CT molecular complexity index is 266. The predicted molar refractivity (Wildman–Crippen MR) is 65.0 cm³/mol. The Kier molecular flexibility index (Phi) is 8.17. The van der Waals surface area contributed by atoms with E-state index in [1.165, 1.54) is 0 Å². The summed E-state index contributed by atoms with van der Waals surface area (Å²) in [5.74, 6) is -0.420. The van der Waals surface area contributed by atoms with Gasteiger partial charge in [0.05, 0.1) is 6.61 Å². The van der Waals surface area contributed by atoms with Crippen LogP contribution in [0.5, 0.6) is 0 Å². The zero-order valence-corrected chi connectivity index (χ0v) is 9.71. The smallest absolute Gasteiger partial charge is 0.333 e. The molecule has 0 aromatic heterocycles. The average Bonchev–Trinajstić information content (AvgIpc) is 2.30. The summed E-state index contributed by atoms with van der Waals surface area (Å²) in [6.45, 7) is 11.0. The minimum atomic E-state index is -0.420. The molecule has 0 aliphatic rings. The van der Waals surface area contributed by atoms with Crippen molar-refractivity contribution in [2.75, 3.05) is 13.2 Å². The van der Waals surface area contributed by atoms with Crippen molar-refractivity contribution in [2.24, 2.45) is 0 Å². The summed E-state index contributed by atoms with van der Waals surface area (Å²) in [5, 5.41) is 8.47. The first-order valence-electron chi connectivity index (χ1n) is 5.37. The van der Waals surface area contributed by atoms with Gasteiger partial charge in [-0.05, 0) is 25.7 Å². The number of ether oxygens (including phenoxy) is 1. The Labute approximate surface area is 97.1 Å². The van der Waals surface area contributed by atoms with Gasteiger partial charge in [0, 0.05) is 5.57 Å². The zero-order chi connectivity index (χ0) is 12.4. The van der Waals surface area contributed by atoms with Crippen LogP contribution in [-0.2, 0) is 9.53 Å². The highest BCUT2D eigenvalue weighted by molar-refractivity contribution is 5.87. The maximum absolute atomic E-state index is 11.2. The summed E-state index contributed by atoms with van der Waals surface area (Å²) in [7, 11) is 0. The monoisotopic (exact) mass is 224 g/mol. The van der Waals surface area contributed by atoms with E-state index >= 15 is 0 Å². The van der Waals surface area contributed by atoms with Crippen LogP contribution in [0.4, 0.5) is 0 Å². The summed E-state index contributed by atoms with van der Waals surface area (Å²) in [4.78, 5) is 11.2. The first-order valence-corrected chi connectivity index (χ1v) is 5.37. The average molecular weight is 224 g/mol. The number of hydrogen-bond acceptors (Lipinski definition) is 3. The van der Waals surface area contributed by atoms with E-state index in [2.05, 4.69) is 19.7 Å². The normalized spacial score (nSPS) is 9.56. The van der Waals surface area contributed by atoms with Gasteiger partial charge in [-0.3, -0.25) is 0 Å². The van der Waals surface area contributed by atoms with Crippen LogP contribution in [0.25, 0.3) is 0 Å². The third-order valence-corrected chi connectivity index (χ3v) is 2.13. The maximum Gasteiger partial charge on any atom is 0.333 e. The Morgan fingerprint density at radius 2 is 1.88 bits per heavy atom. The number of rotatable bonds is 9. The van der Waals surface area contributed by atoms with E-state index in [9.17, 15) is 4.79 Å². The van der Waals surface area contributed by atoms with Crippen LogP contribution in [0.1, 0.15) is 25.7 Å². The highest BCUT2D eigenvalue weighted by Crippen LogP contribution is 2.12. The van der Waals surface area contributed by atoms with Crippen molar-refractivity contribution in [3.8, 4) is 0 Å². The molecule has 90 valence electrons. The number of unbranched alkanes of at least 4 members (excludes halogenated alkanes) is 1. The molecule has 0 saturated carbocycles. The molecule has 0 aromatic carbocycles. The molecule has 1 N–H and O–H groups in total. The van der Waals surface area contributed by atoms with Crippen molar-refractivity contribution in [2.45, 2.75) is 25.7 Å². The van der Waals surface area contributed by atoms with E-state index in [1.54, 1.807) is 6.08 Å². The van der Waals surface area contributed by atoms with E-state index in [-0.39, 0.29) is 13.2 Å². The number of esters is 1. The molecule has 0 atom stereocenters. The highest BCUT2D eigenvalue weighted by atomic mass is 16.5. The Morgan fingerprint density at radius 1 is 1.25 bits per heavy atom. The summed E-state index contributed by atoms with van der Waals surface area (Å²) in [6, 6.07) is 0. The van der Waals surface area contributed by atoms with Crippen molar-refractivity contribution >= 4 is 5.97 Å². The summed E-state index contributed by atoms with van der Waals surface area (Å²) >= 11 is 0. The number of allylic oxidation sites excluding steroid dienone is 2. The lowest BCUT2D eigenvalue weighted by molar-refractivity contribution is -0.140. The lowest BCUT2D eigenvalue weighted by atomic mass is 10.1. The third kappa shape index (κ3) is 7.01. The molecule has 0 unspecified atom stereocenters. The van der Waals surface area contributed by atoms with Gasteiger partial charge in [-0.15, -0.1) is 0 Å². The number of hydrogen-bond donors (Lipinski definition) is 1. The fraction of sp³-hybridized carbons (Fsp3) is 0.462. The summed E-state index contributed by atoms with van der Waals surface area (Å²) in [5.41, 5.74) is 1.46. The number of carbonyl (C=O) groups excluding carboxylic acids is 1. The number of carbonyl (C=O) groups is 1. The van der Waals surface area contributed by atoms with Gasteiger partial charge >= 0.3 is 5.97 Å². The van der Waals surface area contributed by atoms with Crippen LogP contribution in [0.15, 0.2) is 37.0 Å². The second-order valence-electron chi connectivity index (χ2n) is 3.53. The SMILES string of the molecule is C=CC(=C)CCCCC(=C)C(=O)OCCO. The molecular weight excluding hydrogens is 204 g/mol. The van der Waals surface area contributed by atoms with Gasteiger partial charge in [0.25, 0.3) is 0 Å². The third-order valence-electron chi connectivity index (χ3n) is 2.13. The number of aliphatic hydroxyl groups is 1. The molecule has 16 heavy (non-hydrogen) atoms. The quantitative estimate of drug-likeness (QED) is 0.283. The van der Waals surface area contributed by atoms with Crippen LogP contribution in [0.3, 0.4) is 0 Å². The maximum atomic E-state index is 11.2. The van der Waals surface area contributed by atoms with Crippen molar-refractivity contribution in [3.05, 3.63) is 37.0 Å². The fourth-order valence-corrected chi connectivity index (χ4v) is 1.13. The fourth-order valence-electron chi connectivity index (χ4n) is 1.13. The molecule has 0 radical (unpaired) electrons. The van der Waals surface area contributed by atoms with Crippen LogP contribution >= 0.6 is 0 Å². The second kappa shape index (κ2) is 8.92. The highest BCUT2D eigenvalue weighted by Gasteiger charge is 2.07. The topological polar surface area (TPSA) is 46.5 Å². The van der Waals surface area contributed by atoms with E-state index in [0.717, 1.165) is 24.8 Å². The molecule has 0 amide bonds. The first-order chi connectivity index (χ1) is 7.61. The molecule has 0 spiro atoms. The second-order valence-corrected chi connectivity index (χ2v) is 3.53. The molecule has 0 fully saturated rings. The first kappa shape index (κ1) is 14.6. The van der Waals surface area contributed by atoms with Gasteiger partial charge < -0.3 is 9.84 Å². The van der Waals surface area contributed by atoms with Crippen molar-refractivity contribution in [3.63, 3.8) is 0 Å². The molecule has 0 saturated heterocycles. The molecule has 0 bridgehead atoms. The van der Waals surface area contributed by atoms with Crippen LogP contribution in [0, 0.1) is 0 Å². The predicted octanol–water partition coefficient (Wildman–Crippen LogP) is 2.38. The van der Waals surface area contributed by atoms with Gasteiger partial charge in [0.2, 0.25) is 0 Å². The van der Waals surface area contributed by atoms with Gasteiger partial charge in [-0.2, -0.15) is 0 Å². The van der Waals surface area contributed by atoms with Crippen LogP contribution in [-0.4, -0.2) is 24.3 Å². The van der Waals surface area contributed by atoms with E-state index in [0.29, 0.717) is 12.0 Å². The van der Waals surface area contributed by atoms with Gasteiger partial charge in [0.1, 0.15) is 6.61 Å². The molecule has 0 aliphatic carbocycles. The van der Waals surface area contributed by atoms with Gasteiger partial charge in [-0.1, -0.05) is 31.4 Å². The van der Waals surface area contributed by atoms with Crippen LogP contribution in [0.2, 0.25) is 0 Å². The lowest BCUT2D eigenvalue weighted by Gasteiger charge is -2.05. The standard InChI is InChI=1S/C13H20O3/c1-4-11(2)7-5-6-8-12(3)13(15)16-10-9-14/h4,14H,1-3,5-10H2. The summed E-state index contributed by atoms with van der Waals surface area (Å²) < 4.78 is 4.73. The van der Waals surface area contributed by atoms with Gasteiger partial charge in [-0.25, -0.2) is 4.79 Å². The van der Waals surface area contributed by atoms with E-state index < -0.39 is 5.97 Å². The van der Waals surface area contributed by atoms with E-state index in [4.69, 9.17) is 9.84 Å². The zero-order valence-electron chi connectivity index (χ0n) is 9.71. The largest absolute Gasteiger partial charge is 0.460 e. The van der Waals surface area contributed by atoms with Gasteiger partial charge in [0.15, 0.2) is 0 Å². The molecular formula is C13H20O3. The Hall–Kier alpha value is -1.35. The molecule has 0 heterocycles. The summed E-state index contributed by atoms with van der Waals surface area (Å²) in [6.07, 6.45) is 5.08. The molecule has 0 aromatic rings. The minimum Gasteiger partial charge on any atom is -0.460 e. The Balaban J connectivity index is 3.61. The van der Waals surface area contributed by atoms with Crippen molar-refractivity contribution in [1.82, 2.24) is 0 Å². The van der Waals surface area contributed by atoms with Crippen molar-refractivity contribution < 1.29 is 14.6 Å². The molecule has 0 rings (SSSR count). The molecule has 3 heteroatoms. The number of aliphatic hydroxyl groups excluding tert-OH is 1. The lowest BCUT2D eigenvalue weighted by Crippen LogP contribution is -2.10. The van der Waals surface area contributed by atoms with E-state index in [1.807, 2.05) is 0 Å². The Morgan fingerprint density at radius 3 is 2.44 bits per heavy atom. The minimum absolute atomic E-state index is 0.0329. The molecule has 0 aliphatic heterocycles. The molecule has 3 nitrogen and oxygen atoms in total. The van der Waals surface area contributed by atoms with Crippen LogP contribution < -0.4 is 0 Å². The van der Waals surface area contributed by atoms with Crippen molar-refractivity contribution in [1.29, 1.82) is 0 Å².